The highest BCUT2D eigenvalue weighted by Gasteiger charge is 2.19. The van der Waals surface area contributed by atoms with Crippen LogP contribution < -0.4 is 10.5 Å². The predicted molar refractivity (Wildman–Crippen MR) is 82.6 cm³/mol. The Kier molecular flexibility index (Phi) is 4.27. The molecule has 1 aromatic carbocycles. The zero-order valence-electron chi connectivity index (χ0n) is 12.0. The van der Waals surface area contributed by atoms with Crippen LogP contribution in [0.15, 0.2) is 23.1 Å². The van der Waals surface area contributed by atoms with E-state index in [2.05, 4.69) is 9.82 Å². The molecule has 0 saturated carbocycles. The smallest absolute Gasteiger partial charge is 0.242 e. The van der Waals surface area contributed by atoms with E-state index >= 15 is 0 Å². The van der Waals surface area contributed by atoms with Crippen molar-refractivity contribution >= 4 is 27.3 Å². The number of hydrogen-bond donors (Lipinski definition) is 2. The Balaban J connectivity index is 2.26. The molecule has 0 saturated heterocycles. The third-order valence-electron chi connectivity index (χ3n) is 3.34. The number of nitrogens with zero attached hydrogens (tertiary/aromatic N) is 2. The lowest BCUT2D eigenvalue weighted by Gasteiger charge is -2.09. The van der Waals surface area contributed by atoms with Gasteiger partial charge in [0, 0.05) is 30.5 Å². The van der Waals surface area contributed by atoms with Crippen LogP contribution in [-0.2, 0) is 23.6 Å². The van der Waals surface area contributed by atoms with Crippen LogP contribution in [0.4, 0.5) is 5.69 Å². The highest BCUT2D eigenvalue weighted by molar-refractivity contribution is 7.89. The summed E-state index contributed by atoms with van der Waals surface area (Å²) in [7, 11) is -1.89. The molecule has 6 nitrogen and oxygen atoms in total. The van der Waals surface area contributed by atoms with Crippen molar-refractivity contribution in [2.24, 2.45) is 7.05 Å². The lowest BCUT2D eigenvalue weighted by molar-refractivity contribution is 0.581. The van der Waals surface area contributed by atoms with E-state index in [1.165, 1.54) is 18.2 Å². The van der Waals surface area contributed by atoms with Crippen molar-refractivity contribution in [2.45, 2.75) is 25.3 Å². The van der Waals surface area contributed by atoms with Crippen molar-refractivity contribution in [1.29, 1.82) is 0 Å². The third kappa shape index (κ3) is 3.20. The largest absolute Gasteiger partial charge is 0.399 e. The van der Waals surface area contributed by atoms with E-state index in [1.807, 2.05) is 20.9 Å². The van der Waals surface area contributed by atoms with Crippen LogP contribution in [0.1, 0.15) is 17.0 Å². The van der Waals surface area contributed by atoms with E-state index in [4.69, 9.17) is 17.3 Å². The van der Waals surface area contributed by atoms with E-state index in [1.54, 1.807) is 4.68 Å². The Morgan fingerprint density at radius 1 is 1.38 bits per heavy atom. The van der Waals surface area contributed by atoms with Gasteiger partial charge in [0.05, 0.1) is 10.7 Å². The zero-order chi connectivity index (χ0) is 15.8. The van der Waals surface area contributed by atoms with Crippen LogP contribution in [0, 0.1) is 13.8 Å². The first-order valence-electron chi connectivity index (χ1n) is 6.26. The summed E-state index contributed by atoms with van der Waals surface area (Å²) in [6, 6.07) is 4.31. The molecule has 0 fully saturated rings. The molecule has 0 aliphatic heterocycles. The molecule has 0 spiro atoms. The molecular formula is C13H17ClN4O2S. The average Bonchev–Trinajstić information content (AvgIpc) is 2.60. The number of hydrogen-bond acceptors (Lipinski definition) is 4. The van der Waals surface area contributed by atoms with Gasteiger partial charge in [-0.15, -0.1) is 0 Å². The summed E-state index contributed by atoms with van der Waals surface area (Å²) in [5.74, 6) is 0. The summed E-state index contributed by atoms with van der Waals surface area (Å²) in [4.78, 5) is 0.0116. The normalized spacial score (nSPS) is 11.8. The molecule has 1 heterocycles. The summed E-state index contributed by atoms with van der Waals surface area (Å²) >= 11 is 5.95. The van der Waals surface area contributed by atoms with Crippen LogP contribution in [0.3, 0.4) is 0 Å². The SMILES string of the molecule is Cc1nn(C)c(C)c1CNS(=O)(=O)c1ccc(N)cc1Cl. The molecule has 2 aromatic rings. The van der Waals surface area contributed by atoms with Gasteiger partial charge in [0.25, 0.3) is 0 Å². The Hall–Kier alpha value is -1.57. The molecule has 0 unspecified atom stereocenters. The van der Waals surface area contributed by atoms with Crippen molar-refractivity contribution < 1.29 is 8.42 Å². The summed E-state index contributed by atoms with van der Waals surface area (Å²) in [5, 5.41) is 4.35. The number of rotatable bonds is 4. The molecular weight excluding hydrogens is 312 g/mol. The fourth-order valence-electron chi connectivity index (χ4n) is 2.05. The summed E-state index contributed by atoms with van der Waals surface area (Å²) in [5.41, 5.74) is 8.54. The van der Waals surface area contributed by atoms with Crippen LogP contribution in [0.2, 0.25) is 5.02 Å². The van der Waals surface area contributed by atoms with Gasteiger partial charge in [-0.2, -0.15) is 5.10 Å². The Labute approximate surface area is 129 Å². The molecule has 114 valence electrons. The molecule has 0 bridgehead atoms. The lowest BCUT2D eigenvalue weighted by atomic mass is 10.2. The van der Waals surface area contributed by atoms with E-state index in [-0.39, 0.29) is 16.5 Å². The molecule has 2 rings (SSSR count). The quantitative estimate of drug-likeness (QED) is 0.837. The average molecular weight is 329 g/mol. The Morgan fingerprint density at radius 2 is 2.05 bits per heavy atom. The fraction of sp³-hybridized carbons (Fsp3) is 0.308. The Morgan fingerprint density at radius 3 is 2.57 bits per heavy atom. The molecule has 3 N–H and O–H groups in total. The second kappa shape index (κ2) is 5.67. The maximum absolute atomic E-state index is 12.3. The molecule has 1 aromatic heterocycles. The lowest BCUT2D eigenvalue weighted by Crippen LogP contribution is -2.24. The van der Waals surface area contributed by atoms with Gasteiger partial charge in [0.1, 0.15) is 4.90 Å². The summed E-state index contributed by atoms with van der Waals surface area (Å²) in [6.45, 7) is 3.89. The molecule has 21 heavy (non-hydrogen) atoms. The van der Waals surface area contributed by atoms with Gasteiger partial charge in [-0.1, -0.05) is 11.6 Å². The topological polar surface area (TPSA) is 90.0 Å². The van der Waals surface area contributed by atoms with Gasteiger partial charge in [-0.05, 0) is 32.0 Å². The number of benzene rings is 1. The summed E-state index contributed by atoms with van der Waals surface area (Å²) < 4.78 is 28.9. The monoisotopic (exact) mass is 328 g/mol. The number of sulfonamides is 1. The predicted octanol–water partition coefficient (Wildman–Crippen LogP) is 1.75. The van der Waals surface area contributed by atoms with Crippen LogP contribution in [0.25, 0.3) is 0 Å². The first-order chi connectivity index (χ1) is 9.72. The van der Waals surface area contributed by atoms with Gasteiger partial charge in [-0.25, -0.2) is 13.1 Å². The van der Waals surface area contributed by atoms with Gasteiger partial charge < -0.3 is 5.73 Å². The van der Waals surface area contributed by atoms with Crippen molar-refractivity contribution in [1.82, 2.24) is 14.5 Å². The first kappa shape index (κ1) is 15.8. The van der Waals surface area contributed by atoms with Crippen molar-refractivity contribution in [2.75, 3.05) is 5.73 Å². The molecule has 8 heteroatoms. The minimum absolute atomic E-state index is 0.0116. The van der Waals surface area contributed by atoms with E-state index in [0.717, 1.165) is 17.0 Å². The number of halogens is 1. The van der Waals surface area contributed by atoms with Gasteiger partial charge in [0.2, 0.25) is 10.0 Å². The summed E-state index contributed by atoms with van der Waals surface area (Å²) in [6.07, 6.45) is 0. The number of nitrogen functional groups attached to an aromatic ring is 1. The zero-order valence-corrected chi connectivity index (χ0v) is 13.6. The Bertz CT molecular complexity index is 784. The second-order valence-electron chi connectivity index (χ2n) is 4.79. The second-order valence-corrected chi connectivity index (χ2v) is 6.93. The first-order valence-corrected chi connectivity index (χ1v) is 8.12. The highest BCUT2D eigenvalue weighted by atomic mass is 35.5. The minimum Gasteiger partial charge on any atom is -0.399 e. The third-order valence-corrected chi connectivity index (χ3v) is 5.23. The number of anilines is 1. The molecule has 0 amide bonds. The van der Waals surface area contributed by atoms with Crippen LogP contribution in [0.5, 0.6) is 0 Å². The van der Waals surface area contributed by atoms with Gasteiger partial charge in [0.15, 0.2) is 0 Å². The van der Waals surface area contributed by atoms with Crippen molar-refractivity contribution in [3.8, 4) is 0 Å². The van der Waals surface area contributed by atoms with Crippen molar-refractivity contribution in [3.63, 3.8) is 0 Å². The van der Waals surface area contributed by atoms with Crippen LogP contribution >= 0.6 is 11.6 Å². The molecule has 0 atom stereocenters. The van der Waals surface area contributed by atoms with Crippen LogP contribution in [-0.4, -0.2) is 18.2 Å². The van der Waals surface area contributed by atoms with Gasteiger partial charge >= 0.3 is 0 Å². The maximum Gasteiger partial charge on any atom is 0.242 e. The number of nitrogens with two attached hydrogens (primary N) is 1. The van der Waals surface area contributed by atoms with Gasteiger partial charge in [-0.3, -0.25) is 4.68 Å². The highest BCUT2D eigenvalue weighted by Crippen LogP contribution is 2.24. The van der Waals surface area contributed by atoms with E-state index in [0.29, 0.717) is 5.69 Å². The molecule has 0 aliphatic rings. The number of aromatic nitrogens is 2. The maximum atomic E-state index is 12.3. The fourth-order valence-corrected chi connectivity index (χ4v) is 3.60. The number of nitrogens with one attached hydrogen (secondary N) is 1. The number of aryl methyl sites for hydroxylation is 2. The minimum atomic E-state index is -3.70. The standard InChI is InChI=1S/C13H17ClN4O2S/c1-8-11(9(2)18(3)17-8)7-16-21(19,20)13-5-4-10(15)6-12(13)14/h4-6,16H,7,15H2,1-3H3. The molecule has 0 aliphatic carbocycles. The van der Waals surface area contributed by atoms with E-state index < -0.39 is 10.0 Å². The van der Waals surface area contributed by atoms with E-state index in [9.17, 15) is 8.42 Å². The molecule has 0 radical (unpaired) electrons. The van der Waals surface area contributed by atoms with Crippen molar-refractivity contribution in [3.05, 3.63) is 40.2 Å².